The Hall–Kier alpha value is -8.52. The highest BCUT2D eigenvalue weighted by Crippen LogP contribution is 2.50. The average molecular weight is 1360 g/mol. The molecule has 13 rings (SSSR count). The number of nitrogens with zero attached hydrogens (tertiary/aromatic N) is 6. The number of hydrogen-bond donors (Lipinski definition) is 2. The SMILES string of the molecule is CC(C)c1cccc(C(C)C)c1Oc1cc2c(cc1Cl)-c1nc-2nc2[nH]c(nc3nc(nc4[nH]c(n1)c1cc(Oc5c(C(C)C)cccc5C(C)C)c(Cl)cc41)-c1cc(Oc4c(C(C)C)cccc4C(C)C)c(Cl)cc1-3)c1cc(Oc3c(C(C)C)cccc3C(C)C)c(Cl)cc21. The molecular formula is C80H78Cl4N8O4. The fraction of sp³-hybridized carbons (Fsp3) is 0.300. The molecule has 5 heterocycles. The zero-order chi connectivity index (χ0) is 68.0. The van der Waals surface area contributed by atoms with E-state index in [0.717, 1.165) is 67.5 Å². The molecule has 0 amide bonds. The lowest BCUT2D eigenvalue weighted by Crippen LogP contribution is -2.01. The van der Waals surface area contributed by atoms with Crippen molar-refractivity contribution in [1.82, 2.24) is 39.9 Å². The lowest BCUT2D eigenvalue weighted by Gasteiger charge is -2.20. The first-order valence-corrected chi connectivity index (χ1v) is 34.7. The van der Waals surface area contributed by atoms with Crippen LogP contribution in [-0.4, -0.2) is 39.9 Å². The number of halogens is 4. The maximum absolute atomic E-state index is 7.47. The van der Waals surface area contributed by atoms with E-state index in [-0.39, 0.29) is 47.3 Å². The van der Waals surface area contributed by atoms with Gasteiger partial charge in [-0.25, -0.2) is 29.9 Å². The van der Waals surface area contributed by atoms with Crippen LogP contribution in [-0.2, 0) is 0 Å². The van der Waals surface area contributed by atoms with Crippen molar-refractivity contribution in [3.63, 3.8) is 0 Å². The summed E-state index contributed by atoms with van der Waals surface area (Å²) in [6.45, 7) is 34.5. The van der Waals surface area contributed by atoms with Gasteiger partial charge in [0.25, 0.3) is 0 Å². The van der Waals surface area contributed by atoms with Gasteiger partial charge in [-0.3, -0.25) is 0 Å². The number of hydrogen-bond acceptors (Lipinski definition) is 10. The van der Waals surface area contributed by atoms with Gasteiger partial charge >= 0.3 is 0 Å². The van der Waals surface area contributed by atoms with Crippen molar-refractivity contribution in [3.05, 3.63) is 186 Å². The van der Waals surface area contributed by atoms with Crippen molar-refractivity contribution in [2.75, 3.05) is 0 Å². The van der Waals surface area contributed by atoms with Gasteiger partial charge in [-0.15, -0.1) is 0 Å². The van der Waals surface area contributed by atoms with Crippen molar-refractivity contribution in [2.45, 2.75) is 158 Å². The highest BCUT2D eigenvalue weighted by atomic mass is 35.5. The Labute approximate surface area is 581 Å². The molecule has 2 N–H and O–H groups in total. The lowest BCUT2D eigenvalue weighted by atomic mass is 9.94. The third kappa shape index (κ3) is 12.2. The fourth-order valence-corrected chi connectivity index (χ4v) is 13.8. The molecule has 0 unspecified atom stereocenters. The van der Waals surface area contributed by atoms with Crippen LogP contribution in [0.15, 0.2) is 121 Å². The molecule has 0 saturated carbocycles. The van der Waals surface area contributed by atoms with E-state index in [4.69, 9.17) is 95.3 Å². The van der Waals surface area contributed by atoms with Gasteiger partial charge in [0.15, 0.2) is 23.3 Å². The number of fused-ring (bicyclic) bond motifs is 20. The summed E-state index contributed by atoms with van der Waals surface area (Å²) in [4.78, 5) is 39.8. The maximum atomic E-state index is 7.47. The molecule has 490 valence electrons. The summed E-state index contributed by atoms with van der Waals surface area (Å²) in [7, 11) is 0. The summed E-state index contributed by atoms with van der Waals surface area (Å²) in [5.74, 6) is 7.18. The van der Waals surface area contributed by atoms with Gasteiger partial charge in [0.2, 0.25) is 0 Å². The van der Waals surface area contributed by atoms with E-state index < -0.39 is 0 Å². The Morgan fingerprint density at radius 2 is 0.458 bits per heavy atom. The number of nitrogens with one attached hydrogen (secondary N) is 2. The summed E-state index contributed by atoms with van der Waals surface area (Å²) in [6.07, 6.45) is 0. The topological polar surface area (TPSA) is 146 Å². The third-order valence-corrected chi connectivity index (χ3v) is 19.3. The Morgan fingerprint density at radius 1 is 0.260 bits per heavy atom. The van der Waals surface area contributed by atoms with Crippen molar-refractivity contribution < 1.29 is 18.9 Å². The van der Waals surface area contributed by atoms with Gasteiger partial charge in [-0.2, -0.15) is 0 Å². The van der Waals surface area contributed by atoms with Crippen molar-refractivity contribution >= 4 is 90.5 Å². The van der Waals surface area contributed by atoms with E-state index in [1.165, 1.54) is 0 Å². The second-order valence-electron chi connectivity index (χ2n) is 27.6. The molecule has 3 aromatic heterocycles. The molecule has 0 fully saturated rings. The molecule has 0 spiro atoms. The minimum absolute atomic E-state index is 0.150. The van der Waals surface area contributed by atoms with Crippen LogP contribution in [0.5, 0.6) is 46.0 Å². The first kappa shape index (κ1) is 66.1. The quantitative estimate of drug-likeness (QED) is 0.0959. The van der Waals surface area contributed by atoms with Gasteiger partial charge in [0.1, 0.15) is 68.6 Å². The van der Waals surface area contributed by atoms with E-state index >= 15 is 0 Å². The molecule has 8 bridgehead atoms. The number of para-hydroxylation sites is 4. The Bertz CT molecular complexity index is 4700. The number of ether oxygens (including phenoxy) is 4. The molecule has 0 aliphatic carbocycles. The third-order valence-electron chi connectivity index (χ3n) is 18.2. The molecule has 96 heavy (non-hydrogen) atoms. The second-order valence-corrected chi connectivity index (χ2v) is 29.3. The van der Waals surface area contributed by atoms with E-state index in [1.807, 2.05) is 48.5 Å². The van der Waals surface area contributed by atoms with E-state index in [2.05, 4.69) is 194 Å². The average Bonchev–Trinajstić information content (AvgIpc) is 1.59. The number of aromatic amines is 2. The molecule has 2 aliphatic heterocycles. The van der Waals surface area contributed by atoms with Crippen LogP contribution in [0.1, 0.15) is 203 Å². The van der Waals surface area contributed by atoms with Crippen LogP contribution < -0.4 is 18.9 Å². The molecule has 0 saturated heterocycles. The summed E-state index contributed by atoms with van der Waals surface area (Å²) in [5.41, 5.74) is 12.5. The highest BCUT2D eigenvalue weighted by molar-refractivity contribution is 6.34. The van der Waals surface area contributed by atoms with Gasteiger partial charge < -0.3 is 28.9 Å². The predicted octanol–water partition coefficient (Wildman–Crippen LogP) is 25.6. The number of benzene rings is 8. The Morgan fingerprint density at radius 3 is 0.688 bits per heavy atom. The Kier molecular flexibility index (Phi) is 18.0. The smallest absolute Gasteiger partial charge is 0.164 e. The molecule has 11 aromatic rings. The molecule has 0 atom stereocenters. The fourth-order valence-electron chi connectivity index (χ4n) is 12.9. The largest absolute Gasteiger partial charge is 0.455 e. The van der Waals surface area contributed by atoms with Crippen LogP contribution in [0.25, 0.3) is 89.7 Å². The summed E-state index contributed by atoms with van der Waals surface area (Å²) < 4.78 is 28.1. The first-order valence-electron chi connectivity index (χ1n) is 33.2. The summed E-state index contributed by atoms with van der Waals surface area (Å²) >= 11 is 29.9. The van der Waals surface area contributed by atoms with Crippen LogP contribution >= 0.6 is 46.4 Å². The van der Waals surface area contributed by atoms with Crippen molar-refractivity contribution in [1.29, 1.82) is 0 Å². The maximum Gasteiger partial charge on any atom is 0.164 e. The molecule has 12 nitrogen and oxygen atoms in total. The van der Waals surface area contributed by atoms with Crippen LogP contribution in [0.2, 0.25) is 20.1 Å². The molecule has 16 heteroatoms. The first-order chi connectivity index (χ1) is 45.8. The zero-order valence-electron chi connectivity index (χ0n) is 57.0. The normalized spacial score (nSPS) is 12.3. The molecule has 8 aromatic carbocycles. The van der Waals surface area contributed by atoms with Crippen LogP contribution in [0, 0.1) is 0 Å². The highest BCUT2D eigenvalue weighted by Gasteiger charge is 2.30. The Balaban J connectivity index is 1.13. The molecule has 2 aliphatic rings. The van der Waals surface area contributed by atoms with E-state index in [1.54, 1.807) is 0 Å². The van der Waals surface area contributed by atoms with Crippen LogP contribution in [0.3, 0.4) is 0 Å². The summed E-state index contributed by atoms with van der Waals surface area (Å²) in [6, 6.07) is 40.2. The second kappa shape index (κ2) is 26.1. The zero-order valence-corrected chi connectivity index (χ0v) is 60.0. The number of aromatic nitrogens is 8. The van der Waals surface area contributed by atoms with Gasteiger partial charge in [0.05, 0.1) is 20.1 Å². The lowest BCUT2D eigenvalue weighted by molar-refractivity contribution is 0.463. The number of rotatable bonds is 16. The monoisotopic (exact) mass is 1350 g/mol. The minimum atomic E-state index is 0.150. The molecule has 0 radical (unpaired) electrons. The number of H-pyrrole nitrogens is 2. The van der Waals surface area contributed by atoms with E-state index in [0.29, 0.717) is 133 Å². The summed E-state index contributed by atoms with van der Waals surface area (Å²) in [5, 5.41) is 3.95. The predicted molar refractivity (Wildman–Crippen MR) is 395 cm³/mol. The standard InChI is InChI=1S/C80H78Cl4N8O4/c1-37(2)45-21-17-22-46(38(3)4)69(45)93-65-33-57-53(29-61(65)81)73-85-77(57)89-74-54-30-62(82)66(94-70-47(39(5)6)23-18-24-48(70)40(7)8)34-58(54)79(86-74)91-76-56-32-64(84)68(96-72-51(43(13)14)27-20-28-52(72)44(15)16)36-60(56)80(88-76)92-75-55-31-63(83)67(35-59(55)78(87-75)90-73)95-71-49(41(9)10)25-19-26-50(71)42(11)12/h17-44H,1-16H3,(H2,85,86,87,88,89,90,91,92). The van der Waals surface area contributed by atoms with Crippen LogP contribution in [0.4, 0.5) is 0 Å². The van der Waals surface area contributed by atoms with Crippen molar-refractivity contribution in [3.8, 4) is 91.5 Å². The van der Waals surface area contributed by atoms with Gasteiger partial charge in [-0.05, 0) is 140 Å². The molecular weight excluding hydrogens is 1280 g/mol. The van der Waals surface area contributed by atoms with Crippen molar-refractivity contribution in [2.24, 2.45) is 0 Å². The minimum Gasteiger partial charge on any atom is -0.455 e. The van der Waals surface area contributed by atoms with Gasteiger partial charge in [-0.1, -0.05) is 230 Å². The van der Waals surface area contributed by atoms with E-state index in [9.17, 15) is 0 Å². The van der Waals surface area contributed by atoms with Gasteiger partial charge in [0, 0.05) is 43.8 Å².